The number of rotatable bonds is 12. The normalized spacial score (nSPS) is 11.4. The Kier molecular flexibility index (Phi) is 10.7. The summed E-state index contributed by atoms with van der Waals surface area (Å²) in [5.74, 6) is 3.26. The summed E-state index contributed by atoms with van der Waals surface area (Å²) in [6.45, 7) is 5.87. The predicted molar refractivity (Wildman–Crippen MR) is 131 cm³/mol. The number of methoxy groups -OCH3 is 2. The highest BCUT2D eigenvalue weighted by atomic mass is 16.5. The first-order valence-electron chi connectivity index (χ1n) is 11.0. The van der Waals surface area contributed by atoms with Gasteiger partial charge < -0.3 is 29.3 Å². The van der Waals surface area contributed by atoms with E-state index in [2.05, 4.69) is 47.3 Å². The molecule has 32 heavy (non-hydrogen) atoms. The minimum atomic E-state index is 0.591. The van der Waals surface area contributed by atoms with Crippen LogP contribution >= 0.6 is 0 Å². The minimum absolute atomic E-state index is 0.591. The molecule has 0 fully saturated rings. The second-order valence-electron chi connectivity index (χ2n) is 7.83. The third-order valence-electron chi connectivity index (χ3n) is 5.00. The van der Waals surface area contributed by atoms with Gasteiger partial charge in [0.1, 0.15) is 12.4 Å². The first-order chi connectivity index (χ1) is 15.5. The molecule has 0 heterocycles. The number of nitrogens with zero attached hydrogens (tertiary/aromatic N) is 3. The van der Waals surface area contributed by atoms with Gasteiger partial charge in [0, 0.05) is 26.7 Å². The maximum atomic E-state index is 5.85. The van der Waals surface area contributed by atoms with E-state index in [1.165, 1.54) is 5.56 Å². The zero-order valence-electron chi connectivity index (χ0n) is 20.4. The summed E-state index contributed by atoms with van der Waals surface area (Å²) in [7, 11) is 9.45. The van der Waals surface area contributed by atoms with Crippen molar-refractivity contribution in [3.63, 3.8) is 0 Å². The van der Waals surface area contributed by atoms with E-state index in [1.807, 2.05) is 38.4 Å². The van der Waals surface area contributed by atoms with Gasteiger partial charge in [-0.15, -0.1) is 0 Å². The van der Waals surface area contributed by atoms with Crippen molar-refractivity contribution in [2.75, 3.05) is 61.6 Å². The van der Waals surface area contributed by atoms with Gasteiger partial charge >= 0.3 is 0 Å². The quantitative estimate of drug-likeness (QED) is 0.402. The first kappa shape index (κ1) is 25.3. The van der Waals surface area contributed by atoms with Crippen molar-refractivity contribution in [2.45, 2.75) is 19.9 Å². The van der Waals surface area contributed by atoms with E-state index in [0.717, 1.165) is 54.8 Å². The van der Waals surface area contributed by atoms with Crippen molar-refractivity contribution >= 4 is 5.96 Å². The van der Waals surface area contributed by atoms with Crippen LogP contribution in [0.4, 0.5) is 0 Å². The topological polar surface area (TPSA) is 58.6 Å². The number of ether oxygens (including phenoxy) is 3. The number of hydrogen-bond donors (Lipinski definition) is 1. The van der Waals surface area contributed by atoms with Crippen LogP contribution in [0.25, 0.3) is 0 Å². The molecule has 176 valence electrons. The van der Waals surface area contributed by atoms with Crippen LogP contribution in [-0.2, 0) is 13.0 Å². The van der Waals surface area contributed by atoms with Gasteiger partial charge in [0.15, 0.2) is 17.5 Å². The highest BCUT2D eigenvalue weighted by Gasteiger charge is 2.09. The molecule has 0 unspecified atom stereocenters. The second kappa shape index (κ2) is 13.5. The van der Waals surface area contributed by atoms with Crippen molar-refractivity contribution in [3.05, 3.63) is 53.6 Å². The third kappa shape index (κ3) is 8.30. The number of aliphatic imine (C=N–C) groups is 1. The zero-order chi connectivity index (χ0) is 23.3. The van der Waals surface area contributed by atoms with Gasteiger partial charge in [-0.3, -0.25) is 0 Å². The summed E-state index contributed by atoms with van der Waals surface area (Å²) in [5.41, 5.74) is 2.31. The van der Waals surface area contributed by atoms with E-state index >= 15 is 0 Å². The number of nitrogens with one attached hydrogen (secondary N) is 1. The van der Waals surface area contributed by atoms with Gasteiger partial charge in [-0.25, -0.2) is 4.99 Å². The van der Waals surface area contributed by atoms with E-state index in [0.29, 0.717) is 13.2 Å². The number of likely N-dealkylation sites (N-methyl/N-ethyl adjacent to an activating group) is 2. The fourth-order valence-corrected chi connectivity index (χ4v) is 3.15. The van der Waals surface area contributed by atoms with E-state index in [-0.39, 0.29) is 0 Å². The Labute approximate surface area is 193 Å². The summed E-state index contributed by atoms with van der Waals surface area (Å²) in [6.07, 6.45) is 0.871. The van der Waals surface area contributed by atoms with Crippen LogP contribution < -0.4 is 19.5 Å². The maximum absolute atomic E-state index is 5.85. The van der Waals surface area contributed by atoms with Crippen LogP contribution in [0.15, 0.2) is 47.5 Å². The molecular weight excluding hydrogens is 404 g/mol. The monoisotopic (exact) mass is 442 g/mol. The van der Waals surface area contributed by atoms with Gasteiger partial charge in [0.25, 0.3) is 0 Å². The summed E-state index contributed by atoms with van der Waals surface area (Å²) in [4.78, 5) is 9.09. The van der Waals surface area contributed by atoms with Crippen LogP contribution in [0.2, 0.25) is 0 Å². The lowest BCUT2D eigenvalue weighted by Crippen LogP contribution is -2.39. The van der Waals surface area contributed by atoms with E-state index in [9.17, 15) is 0 Å². The van der Waals surface area contributed by atoms with Gasteiger partial charge in [-0.05, 0) is 62.8 Å². The lowest BCUT2D eigenvalue weighted by Gasteiger charge is -2.22. The second-order valence-corrected chi connectivity index (χ2v) is 7.83. The Bertz CT molecular complexity index is 855. The van der Waals surface area contributed by atoms with E-state index in [1.54, 1.807) is 14.2 Å². The molecule has 0 aliphatic rings. The fourth-order valence-electron chi connectivity index (χ4n) is 3.15. The highest BCUT2D eigenvalue weighted by molar-refractivity contribution is 5.79. The average Bonchev–Trinajstić information content (AvgIpc) is 2.80. The van der Waals surface area contributed by atoms with Crippen LogP contribution in [0.5, 0.6) is 17.2 Å². The molecule has 0 aliphatic heterocycles. The lowest BCUT2D eigenvalue weighted by atomic mass is 10.1. The average molecular weight is 443 g/mol. The molecule has 0 saturated carbocycles. The Balaban J connectivity index is 1.98. The summed E-state index contributed by atoms with van der Waals surface area (Å²) in [5, 5.41) is 3.39. The number of guanidine groups is 1. The van der Waals surface area contributed by atoms with Crippen LogP contribution in [0.3, 0.4) is 0 Å². The predicted octanol–water partition coefficient (Wildman–Crippen LogP) is 3.28. The molecular formula is C25H38N4O3. The lowest BCUT2D eigenvalue weighted by molar-refractivity contribution is 0.261. The third-order valence-corrected chi connectivity index (χ3v) is 5.00. The van der Waals surface area contributed by atoms with Crippen LogP contribution in [0, 0.1) is 0 Å². The molecule has 2 aromatic rings. The standard InChI is InChI=1S/C25H38N4O3/c1-7-26-25(27-19-21-9-8-10-22(17-21)32-16-15-28(2)3)29(4)14-13-20-11-12-23(30-5)24(18-20)31-6/h8-12,17-18H,7,13-16,19H2,1-6H3,(H,26,27). The summed E-state index contributed by atoms with van der Waals surface area (Å²) >= 11 is 0. The zero-order valence-corrected chi connectivity index (χ0v) is 20.4. The number of benzene rings is 2. The van der Waals surface area contributed by atoms with Crippen molar-refractivity contribution < 1.29 is 14.2 Å². The molecule has 2 rings (SSSR count). The Morgan fingerprint density at radius 2 is 1.72 bits per heavy atom. The first-order valence-corrected chi connectivity index (χ1v) is 11.0. The summed E-state index contributed by atoms with van der Waals surface area (Å²) < 4.78 is 16.6. The molecule has 0 atom stereocenters. The highest BCUT2D eigenvalue weighted by Crippen LogP contribution is 2.27. The molecule has 7 heteroatoms. The molecule has 0 saturated heterocycles. The van der Waals surface area contributed by atoms with Gasteiger partial charge in [-0.1, -0.05) is 18.2 Å². The van der Waals surface area contributed by atoms with Crippen molar-refractivity contribution in [2.24, 2.45) is 4.99 Å². The molecule has 0 amide bonds. The molecule has 2 aromatic carbocycles. The van der Waals surface area contributed by atoms with Crippen molar-refractivity contribution in [1.29, 1.82) is 0 Å². The van der Waals surface area contributed by atoms with Gasteiger partial charge in [0.2, 0.25) is 0 Å². The summed E-state index contributed by atoms with van der Waals surface area (Å²) in [6, 6.07) is 14.2. The van der Waals surface area contributed by atoms with Crippen molar-refractivity contribution in [3.8, 4) is 17.2 Å². The van der Waals surface area contributed by atoms with Gasteiger partial charge in [0.05, 0.1) is 20.8 Å². The molecule has 0 aliphatic carbocycles. The molecule has 0 bridgehead atoms. The smallest absolute Gasteiger partial charge is 0.193 e. The SMILES string of the molecule is CCNC(=NCc1cccc(OCCN(C)C)c1)N(C)CCc1ccc(OC)c(OC)c1. The Morgan fingerprint density at radius 1 is 0.938 bits per heavy atom. The Hall–Kier alpha value is -2.93. The van der Waals surface area contributed by atoms with E-state index < -0.39 is 0 Å². The van der Waals surface area contributed by atoms with Crippen LogP contribution in [-0.4, -0.2) is 77.4 Å². The molecule has 0 aromatic heterocycles. The molecule has 1 N–H and O–H groups in total. The molecule has 0 spiro atoms. The maximum Gasteiger partial charge on any atom is 0.193 e. The van der Waals surface area contributed by atoms with Gasteiger partial charge in [-0.2, -0.15) is 0 Å². The van der Waals surface area contributed by atoms with E-state index in [4.69, 9.17) is 19.2 Å². The largest absolute Gasteiger partial charge is 0.493 e. The minimum Gasteiger partial charge on any atom is -0.493 e. The van der Waals surface area contributed by atoms with Crippen LogP contribution in [0.1, 0.15) is 18.1 Å². The van der Waals surface area contributed by atoms with Crippen molar-refractivity contribution in [1.82, 2.24) is 15.1 Å². The Morgan fingerprint density at radius 3 is 2.41 bits per heavy atom. The molecule has 0 radical (unpaired) electrons. The molecule has 7 nitrogen and oxygen atoms in total. The number of hydrogen-bond acceptors (Lipinski definition) is 5. The fraction of sp³-hybridized carbons (Fsp3) is 0.480.